The highest BCUT2D eigenvalue weighted by molar-refractivity contribution is 6.33. The third-order valence-electron chi connectivity index (χ3n) is 5.80. The molecule has 2 saturated heterocycles. The fourth-order valence-corrected chi connectivity index (χ4v) is 4.58. The molecule has 0 saturated carbocycles. The minimum absolute atomic E-state index is 0.253. The van der Waals surface area contributed by atoms with Crippen molar-refractivity contribution >= 4 is 17.3 Å². The molecule has 1 aromatic carbocycles. The van der Waals surface area contributed by atoms with Gasteiger partial charge in [0.2, 0.25) is 0 Å². The third kappa shape index (κ3) is 4.04. The lowest BCUT2D eigenvalue weighted by Crippen LogP contribution is -2.48. The van der Waals surface area contributed by atoms with Crippen LogP contribution in [0.2, 0.25) is 5.02 Å². The number of nitrogens with zero attached hydrogens (tertiary/aromatic N) is 4. The first-order valence-corrected chi connectivity index (χ1v) is 10.4. The van der Waals surface area contributed by atoms with Crippen molar-refractivity contribution in [3.8, 4) is 5.69 Å². The number of aromatic nitrogens is 2. The van der Waals surface area contributed by atoms with Gasteiger partial charge in [-0.05, 0) is 50.9 Å². The average molecular weight is 387 g/mol. The van der Waals surface area contributed by atoms with Gasteiger partial charge in [0.1, 0.15) is 5.02 Å². The minimum atomic E-state index is -0.253. The summed E-state index contributed by atoms with van der Waals surface area (Å²) >= 11 is 6.51. The predicted molar refractivity (Wildman–Crippen MR) is 110 cm³/mol. The first-order valence-electron chi connectivity index (χ1n) is 10.1. The van der Waals surface area contributed by atoms with Gasteiger partial charge in [0.15, 0.2) is 0 Å². The van der Waals surface area contributed by atoms with Crippen LogP contribution in [0.15, 0.2) is 41.3 Å². The molecule has 144 valence electrons. The number of hydrogen-bond acceptors (Lipinski definition) is 4. The molecule has 2 fully saturated rings. The second kappa shape index (κ2) is 8.44. The first kappa shape index (κ1) is 18.5. The highest BCUT2D eigenvalue weighted by Crippen LogP contribution is 2.27. The number of likely N-dealkylation sites (tertiary alicyclic amines) is 1. The van der Waals surface area contributed by atoms with Gasteiger partial charge in [-0.15, -0.1) is 0 Å². The topological polar surface area (TPSA) is 41.4 Å². The average Bonchev–Trinajstić information content (AvgIpc) is 3.00. The molecule has 0 amide bonds. The van der Waals surface area contributed by atoms with Gasteiger partial charge in [0.25, 0.3) is 5.56 Å². The highest BCUT2D eigenvalue weighted by atomic mass is 35.5. The zero-order valence-electron chi connectivity index (χ0n) is 15.7. The summed E-state index contributed by atoms with van der Waals surface area (Å²) < 4.78 is 1.38. The molecular weight excluding hydrogens is 360 g/mol. The maximum absolute atomic E-state index is 12.8. The zero-order valence-corrected chi connectivity index (χ0v) is 16.4. The van der Waals surface area contributed by atoms with Crippen LogP contribution < -0.4 is 10.5 Å². The summed E-state index contributed by atoms with van der Waals surface area (Å²) in [5.41, 5.74) is 1.25. The number of anilines is 1. The zero-order chi connectivity index (χ0) is 18.6. The number of halogens is 1. The van der Waals surface area contributed by atoms with Crippen LogP contribution in [0.4, 0.5) is 5.69 Å². The summed E-state index contributed by atoms with van der Waals surface area (Å²) in [7, 11) is 0. The number of para-hydroxylation sites is 1. The summed E-state index contributed by atoms with van der Waals surface area (Å²) in [5.74, 6) is 0. The Morgan fingerprint density at radius 3 is 2.44 bits per heavy atom. The van der Waals surface area contributed by atoms with Crippen LogP contribution in [0, 0.1) is 0 Å². The van der Waals surface area contributed by atoms with Gasteiger partial charge in [0, 0.05) is 19.1 Å². The van der Waals surface area contributed by atoms with Crippen molar-refractivity contribution in [1.82, 2.24) is 14.7 Å². The van der Waals surface area contributed by atoms with Crippen molar-refractivity contribution in [2.75, 3.05) is 31.1 Å². The molecule has 1 unspecified atom stereocenters. The number of hydrogen-bond donors (Lipinski definition) is 0. The lowest BCUT2D eigenvalue weighted by Gasteiger charge is -2.40. The largest absolute Gasteiger partial charge is 0.367 e. The van der Waals surface area contributed by atoms with E-state index in [0.29, 0.717) is 6.04 Å². The van der Waals surface area contributed by atoms with E-state index in [-0.39, 0.29) is 10.6 Å². The van der Waals surface area contributed by atoms with Crippen molar-refractivity contribution in [2.24, 2.45) is 0 Å². The smallest absolute Gasteiger partial charge is 0.292 e. The molecule has 0 N–H and O–H groups in total. The van der Waals surface area contributed by atoms with Gasteiger partial charge in [0.05, 0.1) is 17.6 Å². The fraction of sp³-hybridized carbons (Fsp3) is 0.524. The summed E-state index contributed by atoms with van der Waals surface area (Å²) in [5, 5.41) is 4.67. The first-order chi connectivity index (χ1) is 13.2. The molecule has 0 radical (unpaired) electrons. The van der Waals surface area contributed by atoms with Crippen molar-refractivity contribution in [3.63, 3.8) is 0 Å². The quantitative estimate of drug-likeness (QED) is 0.806. The summed E-state index contributed by atoms with van der Waals surface area (Å²) in [6.45, 7) is 4.25. The van der Waals surface area contributed by atoms with Gasteiger partial charge >= 0.3 is 0 Å². The standard InChI is InChI=1S/C21H27ClN4O/c22-20-19(15-23-26(21(20)27)17-9-4-3-5-10-17)25-14-8-11-18(16-25)24-12-6-1-2-7-13-24/h3-5,9-10,15,18H,1-2,6-8,11-14,16H2. The number of piperidine rings is 1. The molecule has 27 heavy (non-hydrogen) atoms. The van der Waals surface area contributed by atoms with Crippen LogP contribution in [0.1, 0.15) is 38.5 Å². The molecule has 0 spiro atoms. The fourth-order valence-electron chi connectivity index (χ4n) is 4.33. The lowest BCUT2D eigenvalue weighted by atomic mass is 10.0. The molecule has 4 rings (SSSR count). The van der Waals surface area contributed by atoms with Crippen LogP contribution in [-0.2, 0) is 0 Å². The van der Waals surface area contributed by atoms with E-state index in [2.05, 4.69) is 14.9 Å². The molecule has 1 atom stereocenters. The van der Waals surface area contributed by atoms with Gasteiger partial charge in [-0.2, -0.15) is 9.78 Å². The molecule has 2 aliphatic rings. The van der Waals surface area contributed by atoms with Gasteiger partial charge in [-0.25, -0.2) is 0 Å². The number of rotatable bonds is 3. The Bertz CT molecular complexity index is 815. The Hall–Kier alpha value is -1.85. The molecular formula is C21H27ClN4O. The Labute approximate surface area is 165 Å². The second-order valence-electron chi connectivity index (χ2n) is 7.59. The Morgan fingerprint density at radius 1 is 0.963 bits per heavy atom. The molecule has 2 aliphatic heterocycles. The molecule has 2 aromatic rings. The van der Waals surface area contributed by atoms with E-state index in [0.717, 1.165) is 30.9 Å². The maximum atomic E-state index is 12.8. The van der Waals surface area contributed by atoms with Crippen LogP contribution >= 0.6 is 11.6 Å². The van der Waals surface area contributed by atoms with Crippen LogP contribution in [0.25, 0.3) is 5.69 Å². The number of benzene rings is 1. The summed E-state index contributed by atoms with van der Waals surface area (Å²) in [6.07, 6.45) is 9.39. The van der Waals surface area contributed by atoms with Crippen LogP contribution in [0.3, 0.4) is 0 Å². The van der Waals surface area contributed by atoms with E-state index < -0.39 is 0 Å². The highest BCUT2D eigenvalue weighted by Gasteiger charge is 2.27. The molecule has 0 aliphatic carbocycles. The van der Waals surface area contributed by atoms with Crippen LogP contribution in [-0.4, -0.2) is 46.9 Å². The Balaban J connectivity index is 1.56. The lowest BCUT2D eigenvalue weighted by molar-refractivity contribution is 0.182. The Morgan fingerprint density at radius 2 is 1.70 bits per heavy atom. The molecule has 6 heteroatoms. The van der Waals surface area contributed by atoms with Gasteiger partial charge in [-0.3, -0.25) is 9.69 Å². The van der Waals surface area contributed by atoms with Gasteiger partial charge in [-0.1, -0.05) is 42.6 Å². The minimum Gasteiger partial charge on any atom is -0.367 e. The van der Waals surface area contributed by atoms with E-state index in [4.69, 9.17) is 11.6 Å². The van der Waals surface area contributed by atoms with Crippen LogP contribution in [0.5, 0.6) is 0 Å². The predicted octanol–water partition coefficient (Wildman–Crippen LogP) is 3.73. The van der Waals surface area contributed by atoms with Crippen molar-refractivity contribution in [1.29, 1.82) is 0 Å². The monoisotopic (exact) mass is 386 g/mol. The van der Waals surface area contributed by atoms with E-state index in [1.165, 1.54) is 49.9 Å². The maximum Gasteiger partial charge on any atom is 0.292 e. The van der Waals surface area contributed by atoms with E-state index in [1.807, 2.05) is 30.3 Å². The summed E-state index contributed by atoms with van der Waals surface area (Å²) in [4.78, 5) is 17.7. The van der Waals surface area contributed by atoms with Crippen molar-refractivity contribution in [3.05, 3.63) is 51.9 Å². The molecule has 1 aromatic heterocycles. The molecule has 5 nitrogen and oxygen atoms in total. The Kier molecular flexibility index (Phi) is 5.79. The van der Waals surface area contributed by atoms with Crippen molar-refractivity contribution < 1.29 is 0 Å². The normalized spacial score (nSPS) is 21.8. The third-order valence-corrected chi connectivity index (χ3v) is 6.15. The van der Waals surface area contributed by atoms with E-state index >= 15 is 0 Å². The van der Waals surface area contributed by atoms with E-state index in [1.54, 1.807) is 6.20 Å². The molecule has 0 bridgehead atoms. The molecule has 3 heterocycles. The van der Waals surface area contributed by atoms with E-state index in [9.17, 15) is 4.79 Å². The van der Waals surface area contributed by atoms with Gasteiger partial charge < -0.3 is 4.90 Å². The van der Waals surface area contributed by atoms with Crippen molar-refractivity contribution in [2.45, 2.75) is 44.6 Å². The summed E-state index contributed by atoms with van der Waals surface area (Å²) in [6, 6.07) is 9.97. The second-order valence-corrected chi connectivity index (χ2v) is 7.97. The SMILES string of the molecule is O=c1c(Cl)c(N2CCCC(N3CCCCCC3)C2)cnn1-c1ccccc1.